The van der Waals surface area contributed by atoms with Crippen LogP contribution in [0.2, 0.25) is 5.02 Å². The van der Waals surface area contributed by atoms with E-state index in [9.17, 15) is 18.3 Å². The van der Waals surface area contributed by atoms with E-state index in [4.69, 9.17) is 21.5 Å². The lowest BCUT2D eigenvalue weighted by atomic mass is 10.2. The highest BCUT2D eigenvalue weighted by atomic mass is 35.5. The normalized spacial score (nSPS) is 11.5. The average Bonchev–Trinajstić information content (AvgIpc) is 2.55. The van der Waals surface area contributed by atoms with Crippen LogP contribution >= 0.6 is 11.6 Å². The highest BCUT2D eigenvalue weighted by Crippen LogP contribution is 2.28. The van der Waals surface area contributed by atoms with E-state index in [0.717, 1.165) is 6.07 Å². The lowest BCUT2D eigenvalue weighted by Gasteiger charge is -2.06. The van der Waals surface area contributed by atoms with Crippen molar-refractivity contribution in [2.45, 2.75) is 4.90 Å². The zero-order valence-corrected chi connectivity index (χ0v) is 14.5. The quantitative estimate of drug-likeness (QED) is 0.531. The molecule has 8 nitrogen and oxygen atoms in total. The molecule has 0 radical (unpaired) electrons. The fourth-order valence-electron chi connectivity index (χ4n) is 1.90. The Morgan fingerprint density at radius 3 is 2.72 bits per heavy atom. The summed E-state index contributed by atoms with van der Waals surface area (Å²) in [4.78, 5) is 11.7. The van der Waals surface area contributed by atoms with Gasteiger partial charge in [-0.25, -0.2) is 19.0 Å². The van der Waals surface area contributed by atoms with Crippen LogP contribution in [0.1, 0.15) is 15.9 Å². The van der Waals surface area contributed by atoms with Gasteiger partial charge in [-0.15, -0.1) is 0 Å². The number of aromatic hydroxyl groups is 1. The number of nitrogens with zero attached hydrogens (tertiary/aromatic N) is 1. The molecule has 0 spiro atoms. The summed E-state index contributed by atoms with van der Waals surface area (Å²) in [7, 11) is -2.66. The average molecular weight is 384 g/mol. The molecule has 0 unspecified atom stereocenters. The van der Waals surface area contributed by atoms with Gasteiger partial charge in [0.1, 0.15) is 4.90 Å². The highest BCUT2D eigenvalue weighted by Gasteiger charge is 2.16. The number of sulfonamides is 1. The number of phenolic OH excluding ortho intramolecular Hbond substituents is 1. The fraction of sp³-hybridized carbons (Fsp3) is 0.0667. The number of para-hydroxylation sites is 1. The van der Waals surface area contributed by atoms with Crippen molar-refractivity contribution in [2.24, 2.45) is 10.2 Å². The zero-order chi connectivity index (χ0) is 18.6. The van der Waals surface area contributed by atoms with Gasteiger partial charge in [-0.3, -0.25) is 4.79 Å². The summed E-state index contributed by atoms with van der Waals surface area (Å²) in [5, 5.41) is 18.6. The van der Waals surface area contributed by atoms with Crippen LogP contribution in [0.5, 0.6) is 11.5 Å². The largest absolute Gasteiger partial charge is 0.504 e. The van der Waals surface area contributed by atoms with Gasteiger partial charge in [0, 0.05) is 11.1 Å². The van der Waals surface area contributed by atoms with Crippen LogP contribution in [0.15, 0.2) is 46.4 Å². The van der Waals surface area contributed by atoms with Crippen molar-refractivity contribution in [2.75, 3.05) is 7.11 Å². The predicted octanol–water partition coefficient (Wildman–Crippen LogP) is 1.47. The molecular formula is C15H14ClN3O5S. The monoisotopic (exact) mass is 383 g/mol. The summed E-state index contributed by atoms with van der Waals surface area (Å²) < 4.78 is 27.8. The van der Waals surface area contributed by atoms with E-state index in [2.05, 4.69) is 10.5 Å². The number of nitrogens with one attached hydrogen (secondary N) is 1. The molecule has 4 N–H and O–H groups in total. The molecule has 0 bridgehead atoms. The Morgan fingerprint density at radius 1 is 1.36 bits per heavy atom. The van der Waals surface area contributed by atoms with Gasteiger partial charge in [0.2, 0.25) is 10.0 Å². The van der Waals surface area contributed by atoms with Gasteiger partial charge in [0.25, 0.3) is 5.91 Å². The van der Waals surface area contributed by atoms with Crippen LogP contribution in [0.25, 0.3) is 0 Å². The SMILES string of the molecule is COc1cccc(/C=N/NC(=O)c2ccc(Cl)c(S(N)(=O)=O)c2)c1O. The molecule has 0 aromatic heterocycles. The van der Waals surface area contributed by atoms with Crippen molar-refractivity contribution in [3.8, 4) is 11.5 Å². The van der Waals surface area contributed by atoms with Crippen molar-refractivity contribution in [1.29, 1.82) is 0 Å². The maximum Gasteiger partial charge on any atom is 0.271 e. The minimum absolute atomic E-state index is 0.000407. The zero-order valence-electron chi connectivity index (χ0n) is 12.9. The fourth-order valence-corrected chi connectivity index (χ4v) is 2.97. The number of hydrogen-bond acceptors (Lipinski definition) is 6. The lowest BCUT2D eigenvalue weighted by Crippen LogP contribution is -2.19. The number of nitrogens with two attached hydrogens (primary N) is 1. The third-order valence-electron chi connectivity index (χ3n) is 3.12. The molecule has 0 saturated heterocycles. The number of rotatable bonds is 5. The molecule has 2 rings (SSSR count). The molecule has 0 atom stereocenters. The van der Waals surface area contributed by atoms with Crippen molar-refractivity contribution in [3.63, 3.8) is 0 Å². The molecule has 1 amide bonds. The predicted molar refractivity (Wildman–Crippen MR) is 92.5 cm³/mol. The van der Waals surface area contributed by atoms with Gasteiger partial charge in [0.15, 0.2) is 11.5 Å². The van der Waals surface area contributed by atoms with Gasteiger partial charge in [-0.2, -0.15) is 5.10 Å². The van der Waals surface area contributed by atoms with E-state index in [1.54, 1.807) is 18.2 Å². The van der Waals surface area contributed by atoms with E-state index in [-0.39, 0.29) is 27.0 Å². The Morgan fingerprint density at radius 2 is 2.08 bits per heavy atom. The van der Waals surface area contributed by atoms with E-state index in [0.29, 0.717) is 5.56 Å². The standard InChI is InChI=1S/C15H14ClN3O5S/c1-24-12-4-2-3-10(14(12)20)8-18-19-15(21)9-5-6-11(16)13(7-9)25(17,22)23/h2-8,20H,1H3,(H,19,21)(H2,17,22,23)/b18-8+. The molecule has 0 aliphatic heterocycles. The second-order valence-electron chi connectivity index (χ2n) is 4.79. The van der Waals surface area contributed by atoms with Crippen LogP contribution in [0, 0.1) is 0 Å². The number of halogens is 1. The molecule has 25 heavy (non-hydrogen) atoms. The summed E-state index contributed by atoms with van der Waals surface area (Å²) in [5.74, 6) is -0.558. The summed E-state index contributed by atoms with van der Waals surface area (Å²) in [6, 6.07) is 8.38. The smallest absolute Gasteiger partial charge is 0.271 e. The molecule has 0 saturated carbocycles. The molecule has 10 heteroatoms. The third-order valence-corrected chi connectivity index (χ3v) is 4.51. The maximum absolute atomic E-state index is 12.0. The first kappa shape index (κ1) is 18.7. The van der Waals surface area contributed by atoms with E-state index in [1.165, 1.54) is 25.5 Å². The van der Waals surface area contributed by atoms with Crippen LogP contribution in [0.3, 0.4) is 0 Å². The third kappa shape index (κ3) is 4.47. The second kappa shape index (κ2) is 7.51. The van der Waals surface area contributed by atoms with Gasteiger partial charge in [-0.1, -0.05) is 17.7 Å². The number of carbonyl (C=O) groups is 1. The molecular weight excluding hydrogens is 370 g/mol. The van der Waals surface area contributed by atoms with Crippen LogP contribution in [-0.2, 0) is 10.0 Å². The van der Waals surface area contributed by atoms with Crippen molar-refractivity contribution in [3.05, 3.63) is 52.5 Å². The Kier molecular flexibility index (Phi) is 5.62. The number of hydrazone groups is 1. The van der Waals surface area contributed by atoms with Gasteiger partial charge in [-0.05, 0) is 30.3 Å². The number of carbonyl (C=O) groups excluding carboxylic acids is 1. The van der Waals surface area contributed by atoms with Gasteiger partial charge < -0.3 is 9.84 Å². The Balaban J connectivity index is 2.19. The summed E-state index contributed by atoms with van der Waals surface area (Å²) in [5.41, 5.74) is 2.53. The van der Waals surface area contributed by atoms with Gasteiger partial charge >= 0.3 is 0 Å². The first-order valence-electron chi connectivity index (χ1n) is 6.75. The number of primary sulfonamides is 1. The number of phenols is 1. The topological polar surface area (TPSA) is 131 Å². The van der Waals surface area contributed by atoms with E-state index in [1.807, 2.05) is 0 Å². The second-order valence-corrected chi connectivity index (χ2v) is 6.72. The number of benzene rings is 2. The number of amides is 1. The molecule has 2 aromatic rings. The molecule has 0 heterocycles. The Bertz CT molecular complexity index is 944. The Hall–Kier alpha value is -2.62. The van der Waals surface area contributed by atoms with Crippen LogP contribution in [-0.4, -0.2) is 32.8 Å². The van der Waals surface area contributed by atoms with E-state index >= 15 is 0 Å². The molecule has 132 valence electrons. The minimum Gasteiger partial charge on any atom is -0.504 e. The number of hydrogen-bond donors (Lipinski definition) is 3. The Labute approximate surface area is 148 Å². The highest BCUT2D eigenvalue weighted by molar-refractivity contribution is 7.89. The summed E-state index contributed by atoms with van der Waals surface area (Å²) in [6.45, 7) is 0. The van der Waals surface area contributed by atoms with Crippen molar-refractivity contribution in [1.82, 2.24) is 5.43 Å². The molecule has 0 aliphatic carbocycles. The molecule has 0 fully saturated rings. The van der Waals surface area contributed by atoms with Crippen LogP contribution < -0.4 is 15.3 Å². The van der Waals surface area contributed by atoms with E-state index < -0.39 is 15.9 Å². The maximum atomic E-state index is 12.0. The lowest BCUT2D eigenvalue weighted by molar-refractivity contribution is 0.0955. The molecule has 0 aliphatic rings. The summed E-state index contributed by atoms with van der Waals surface area (Å²) in [6.07, 6.45) is 1.21. The summed E-state index contributed by atoms with van der Waals surface area (Å²) >= 11 is 5.76. The molecule has 2 aromatic carbocycles. The number of methoxy groups -OCH3 is 1. The first-order valence-corrected chi connectivity index (χ1v) is 8.68. The first-order chi connectivity index (χ1) is 11.7. The van der Waals surface area contributed by atoms with Crippen LogP contribution in [0.4, 0.5) is 0 Å². The van der Waals surface area contributed by atoms with Crippen molar-refractivity contribution < 1.29 is 23.1 Å². The minimum atomic E-state index is -4.06. The number of ether oxygens (including phenoxy) is 1. The van der Waals surface area contributed by atoms with Crippen molar-refractivity contribution >= 4 is 33.7 Å². The van der Waals surface area contributed by atoms with Gasteiger partial charge in [0.05, 0.1) is 18.3 Å².